The van der Waals surface area contributed by atoms with E-state index in [4.69, 9.17) is 0 Å². The molecule has 12 heavy (non-hydrogen) atoms. The number of hydrogen-bond donors (Lipinski definition) is 0. The smallest absolute Gasteiger partial charge is 0.358 e. The summed E-state index contributed by atoms with van der Waals surface area (Å²) in [6.07, 6.45) is 2.38. The number of carbonyl (C=O) groups excluding carboxylic acids is 1. The van der Waals surface area contributed by atoms with Crippen molar-refractivity contribution in [2.24, 2.45) is 4.99 Å². The van der Waals surface area contributed by atoms with Gasteiger partial charge in [-0.2, -0.15) is 4.99 Å². The zero-order valence-corrected chi connectivity index (χ0v) is 5.67. The van der Waals surface area contributed by atoms with E-state index in [9.17, 15) is 14.9 Å². The van der Waals surface area contributed by atoms with Crippen molar-refractivity contribution in [1.82, 2.24) is 10.2 Å². The highest BCUT2D eigenvalue weighted by molar-refractivity contribution is 5.56. The van der Waals surface area contributed by atoms with Crippen LogP contribution in [0.4, 0.5) is 11.5 Å². The molecule has 0 atom stereocenters. The van der Waals surface area contributed by atoms with Crippen molar-refractivity contribution in [3.8, 4) is 0 Å². The normalized spacial score (nSPS) is 8.67. The molecule has 1 aromatic heterocycles. The van der Waals surface area contributed by atoms with Crippen LogP contribution >= 0.6 is 0 Å². The molecule has 0 saturated heterocycles. The van der Waals surface area contributed by atoms with Gasteiger partial charge in [0.2, 0.25) is 6.08 Å². The molecule has 0 N–H and O–H groups in total. The molecule has 1 heterocycles. The molecule has 0 aliphatic heterocycles. The van der Waals surface area contributed by atoms with Gasteiger partial charge < -0.3 is 10.1 Å². The molecule has 0 aliphatic rings. The quantitative estimate of drug-likeness (QED) is 0.273. The van der Waals surface area contributed by atoms with Gasteiger partial charge in [-0.1, -0.05) is 0 Å². The fourth-order valence-corrected chi connectivity index (χ4v) is 0.584. The molecule has 0 unspecified atom stereocenters. The molecule has 1 aromatic rings. The number of hydrogen-bond acceptors (Lipinski definition) is 6. The van der Waals surface area contributed by atoms with Gasteiger partial charge in [-0.3, -0.25) is 0 Å². The molecule has 0 bridgehead atoms. The third kappa shape index (κ3) is 1.47. The monoisotopic (exact) mass is 166 g/mol. The zero-order chi connectivity index (χ0) is 8.97. The first kappa shape index (κ1) is 7.96. The molecule has 7 heteroatoms. The van der Waals surface area contributed by atoms with Crippen LogP contribution in [0.3, 0.4) is 0 Å². The van der Waals surface area contributed by atoms with Gasteiger partial charge in [0.25, 0.3) is 0 Å². The summed E-state index contributed by atoms with van der Waals surface area (Å²) in [5.41, 5.74) is -0.148. The molecular formula is C5H2N4O3. The van der Waals surface area contributed by atoms with Gasteiger partial charge in [0, 0.05) is 0 Å². The minimum absolute atomic E-state index is 0.148. The summed E-state index contributed by atoms with van der Waals surface area (Å²) in [6.45, 7) is 0. The summed E-state index contributed by atoms with van der Waals surface area (Å²) in [4.78, 5) is 22.3. The second kappa shape index (κ2) is 3.31. The Kier molecular flexibility index (Phi) is 2.20. The van der Waals surface area contributed by atoms with E-state index in [1.54, 1.807) is 0 Å². The Labute approximate surface area is 65.9 Å². The van der Waals surface area contributed by atoms with Crippen molar-refractivity contribution < 1.29 is 9.72 Å². The highest BCUT2D eigenvalue weighted by Crippen LogP contribution is 2.21. The third-order valence-corrected chi connectivity index (χ3v) is 1.02. The van der Waals surface area contributed by atoms with Crippen LogP contribution in [-0.4, -0.2) is 21.2 Å². The first-order valence-corrected chi connectivity index (χ1v) is 2.79. The van der Waals surface area contributed by atoms with Crippen molar-refractivity contribution in [1.29, 1.82) is 0 Å². The minimum Gasteiger partial charge on any atom is -0.358 e. The number of isocyanates is 1. The van der Waals surface area contributed by atoms with Crippen molar-refractivity contribution >= 4 is 17.6 Å². The molecule has 7 nitrogen and oxygen atoms in total. The lowest BCUT2D eigenvalue weighted by molar-refractivity contribution is -0.389. The average Bonchev–Trinajstić information content (AvgIpc) is 2.05. The Morgan fingerprint density at radius 1 is 1.67 bits per heavy atom. The minimum atomic E-state index is -0.775. The topological polar surface area (TPSA) is 98.3 Å². The highest BCUT2D eigenvalue weighted by atomic mass is 16.6. The number of aliphatic imine (C=N–C) groups is 1. The lowest BCUT2D eigenvalue weighted by Crippen LogP contribution is -1.93. The highest BCUT2D eigenvalue weighted by Gasteiger charge is 2.14. The van der Waals surface area contributed by atoms with E-state index in [0.717, 1.165) is 0 Å². The van der Waals surface area contributed by atoms with Crippen LogP contribution in [0.25, 0.3) is 0 Å². The van der Waals surface area contributed by atoms with E-state index < -0.39 is 10.7 Å². The lowest BCUT2D eigenvalue weighted by Gasteiger charge is -1.90. The standard InChI is InChI=1S/C5H2N4O3/c10-3-6-4-1-2-7-8-5(4)9(11)12/h1-2H. The summed E-state index contributed by atoms with van der Waals surface area (Å²) in [5, 5.41) is 16.7. The van der Waals surface area contributed by atoms with E-state index in [2.05, 4.69) is 15.2 Å². The predicted octanol–water partition coefficient (Wildman–Crippen LogP) is 0.352. The molecule has 0 radical (unpaired) electrons. The van der Waals surface area contributed by atoms with E-state index in [0.29, 0.717) is 0 Å². The van der Waals surface area contributed by atoms with E-state index in [1.165, 1.54) is 18.3 Å². The van der Waals surface area contributed by atoms with Gasteiger partial charge in [-0.15, -0.1) is 0 Å². The Bertz CT molecular complexity index is 336. The largest absolute Gasteiger partial charge is 0.417 e. The molecule has 0 fully saturated rings. The van der Waals surface area contributed by atoms with Crippen molar-refractivity contribution in [2.45, 2.75) is 0 Å². The van der Waals surface area contributed by atoms with Crippen molar-refractivity contribution in [3.63, 3.8) is 0 Å². The Morgan fingerprint density at radius 2 is 2.42 bits per heavy atom. The molecule has 0 spiro atoms. The molecule has 60 valence electrons. The molecule has 0 amide bonds. The van der Waals surface area contributed by atoms with Crippen LogP contribution < -0.4 is 0 Å². The molecular weight excluding hydrogens is 164 g/mol. The lowest BCUT2D eigenvalue weighted by atomic mass is 10.4. The first-order chi connectivity index (χ1) is 5.75. The SMILES string of the molecule is O=C=Nc1ccnnc1[N+](=O)[O-]. The molecule has 0 aromatic carbocycles. The van der Waals surface area contributed by atoms with Crippen LogP contribution in [0.5, 0.6) is 0 Å². The maximum Gasteiger partial charge on any atom is 0.417 e. The molecule has 1 rings (SSSR count). The van der Waals surface area contributed by atoms with E-state index in [1.807, 2.05) is 0 Å². The second-order valence-corrected chi connectivity index (χ2v) is 1.70. The van der Waals surface area contributed by atoms with Gasteiger partial charge in [-0.25, -0.2) is 4.79 Å². The van der Waals surface area contributed by atoms with Crippen molar-refractivity contribution in [3.05, 3.63) is 22.4 Å². The third-order valence-electron chi connectivity index (χ3n) is 1.02. The Morgan fingerprint density at radius 3 is 3.00 bits per heavy atom. The van der Waals surface area contributed by atoms with E-state index >= 15 is 0 Å². The van der Waals surface area contributed by atoms with Gasteiger partial charge in [0.1, 0.15) is 0 Å². The zero-order valence-electron chi connectivity index (χ0n) is 5.67. The summed E-state index contributed by atoms with van der Waals surface area (Å²) >= 11 is 0. The maximum atomic E-state index is 10.2. The maximum absolute atomic E-state index is 10.2. The summed E-state index contributed by atoms with van der Waals surface area (Å²) in [7, 11) is 0. The van der Waals surface area contributed by atoms with Crippen LogP contribution in [-0.2, 0) is 4.79 Å². The predicted molar refractivity (Wildman–Crippen MR) is 36.5 cm³/mol. The van der Waals surface area contributed by atoms with Gasteiger partial charge in [0.05, 0.1) is 11.3 Å². The fraction of sp³-hybridized carbons (Fsp3) is 0. The van der Waals surface area contributed by atoms with Gasteiger partial charge in [0.15, 0.2) is 5.69 Å². The Hall–Kier alpha value is -2.14. The van der Waals surface area contributed by atoms with Crippen LogP contribution in [0.15, 0.2) is 17.3 Å². The van der Waals surface area contributed by atoms with Gasteiger partial charge in [-0.05, 0) is 16.1 Å². The number of aromatic nitrogens is 2. The van der Waals surface area contributed by atoms with Crippen LogP contribution in [0, 0.1) is 10.1 Å². The Balaban J connectivity index is 3.26. The number of rotatable bonds is 2. The van der Waals surface area contributed by atoms with Crippen LogP contribution in [0.1, 0.15) is 0 Å². The van der Waals surface area contributed by atoms with Gasteiger partial charge >= 0.3 is 5.82 Å². The first-order valence-electron chi connectivity index (χ1n) is 2.79. The summed E-state index contributed by atoms with van der Waals surface area (Å²) in [6, 6.07) is 1.20. The number of nitro groups is 1. The van der Waals surface area contributed by atoms with E-state index in [-0.39, 0.29) is 5.69 Å². The summed E-state index contributed by atoms with van der Waals surface area (Å²) < 4.78 is 0. The second-order valence-electron chi connectivity index (χ2n) is 1.70. The van der Waals surface area contributed by atoms with Crippen molar-refractivity contribution in [2.75, 3.05) is 0 Å². The van der Waals surface area contributed by atoms with Crippen LogP contribution in [0.2, 0.25) is 0 Å². The molecule has 0 saturated carbocycles. The average molecular weight is 166 g/mol. The number of nitrogens with zero attached hydrogens (tertiary/aromatic N) is 4. The fourth-order valence-electron chi connectivity index (χ4n) is 0.584. The molecule has 0 aliphatic carbocycles. The summed E-state index contributed by atoms with van der Waals surface area (Å²) in [5.74, 6) is -0.555.